The molecule has 2 rings (SSSR count). The molecule has 0 N–H and O–H groups in total. The topological polar surface area (TPSA) is 56.3 Å². The number of ketones is 1. The standard InChI is InChI=1S/C13H13F2NO3/c14-13(15)7-10(13)6-12(18)19-8-11(17)5-9-1-3-16-4-2-9/h1-4,10H,5-8H2. The van der Waals surface area contributed by atoms with Gasteiger partial charge in [0.25, 0.3) is 5.92 Å². The van der Waals surface area contributed by atoms with Crippen molar-refractivity contribution in [2.75, 3.05) is 6.61 Å². The summed E-state index contributed by atoms with van der Waals surface area (Å²) in [6.45, 7) is -0.376. The number of pyridine rings is 1. The van der Waals surface area contributed by atoms with Crippen LogP contribution in [0.2, 0.25) is 0 Å². The maximum absolute atomic E-state index is 12.6. The number of ether oxygens (including phenoxy) is 1. The van der Waals surface area contributed by atoms with Crippen molar-refractivity contribution in [3.8, 4) is 0 Å². The first kappa shape index (κ1) is 13.6. The molecule has 1 aliphatic carbocycles. The van der Waals surface area contributed by atoms with Crippen LogP contribution in [0.4, 0.5) is 8.78 Å². The molecule has 1 aromatic rings. The van der Waals surface area contributed by atoms with Gasteiger partial charge < -0.3 is 4.74 Å². The van der Waals surface area contributed by atoms with Gasteiger partial charge in [0.05, 0.1) is 6.42 Å². The molecule has 1 aromatic heterocycles. The second kappa shape index (κ2) is 5.42. The number of rotatable bonds is 6. The SMILES string of the molecule is O=C(COC(=O)CC1CC1(F)F)Cc1ccncc1. The lowest BCUT2D eigenvalue weighted by Gasteiger charge is -2.04. The van der Waals surface area contributed by atoms with E-state index in [2.05, 4.69) is 9.72 Å². The van der Waals surface area contributed by atoms with Crippen molar-refractivity contribution in [2.24, 2.45) is 5.92 Å². The molecule has 19 heavy (non-hydrogen) atoms. The number of Topliss-reactive ketones (excluding diaryl/α,β-unsaturated/α-hetero) is 1. The summed E-state index contributed by atoms with van der Waals surface area (Å²) in [5.74, 6) is -4.68. The largest absolute Gasteiger partial charge is 0.458 e. The van der Waals surface area contributed by atoms with E-state index in [0.29, 0.717) is 0 Å². The highest BCUT2D eigenvalue weighted by molar-refractivity contribution is 5.84. The van der Waals surface area contributed by atoms with Crippen LogP contribution in [-0.4, -0.2) is 29.3 Å². The minimum Gasteiger partial charge on any atom is -0.458 e. The summed E-state index contributed by atoms with van der Waals surface area (Å²) in [5.41, 5.74) is 0.768. The molecule has 1 fully saturated rings. The molecule has 0 aliphatic heterocycles. The Hall–Kier alpha value is -1.85. The Morgan fingerprint density at radius 2 is 2.00 bits per heavy atom. The molecule has 6 heteroatoms. The zero-order valence-corrected chi connectivity index (χ0v) is 10.1. The fourth-order valence-electron chi connectivity index (χ4n) is 1.69. The van der Waals surface area contributed by atoms with Crippen LogP contribution >= 0.6 is 0 Å². The summed E-state index contributed by atoms with van der Waals surface area (Å²) >= 11 is 0. The van der Waals surface area contributed by atoms with Gasteiger partial charge in [-0.3, -0.25) is 14.6 Å². The van der Waals surface area contributed by atoms with E-state index in [-0.39, 0.29) is 31.7 Å². The lowest BCUT2D eigenvalue weighted by Crippen LogP contribution is -2.16. The van der Waals surface area contributed by atoms with Crippen LogP contribution in [0.25, 0.3) is 0 Å². The van der Waals surface area contributed by atoms with Crippen LogP contribution in [-0.2, 0) is 20.7 Å². The highest BCUT2D eigenvalue weighted by Crippen LogP contribution is 2.50. The quantitative estimate of drug-likeness (QED) is 0.739. The second-order valence-corrected chi connectivity index (χ2v) is 4.60. The Balaban J connectivity index is 1.68. The van der Waals surface area contributed by atoms with E-state index in [9.17, 15) is 18.4 Å². The fourth-order valence-corrected chi connectivity index (χ4v) is 1.69. The molecule has 1 unspecified atom stereocenters. The van der Waals surface area contributed by atoms with E-state index in [4.69, 9.17) is 0 Å². The molecule has 1 atom stereocenters. The van der Waals surface area contributed by atoms with E-state index >= 15 is 0 Å². The van der Waals surface area contributed by atoms with Crippen LogP contribution in [0, 0.1) is 5.92 Å². The van der Waals surface area contributed by atoms with Gasteiger partial charge in [0.15, 0.2) is 5.78 Å². The number of hydrogen-bond donors (Lipinski definition) is 0. The van der Waals surface area contributed by atoms with Crippen LogP contribution in [0.3, 0.4) is 0 Å². The summed E-state index contributed by atoms with van der Waals surface area (Å²) in [5, 5.41) is 0. The number of alkyl halides is 2. The first-order valence-electron chi connectivity index (χ1n) is 5.91. The van der Waals surface area contributed by atoms with Gasteiger partial charge in [-0.25, -0.2) is 8.78 Å². The maximum Gasteiger partial charge on any atom is 0.306 e. The normalized spacial score (nSPS) is 19.8. The van der Waals surface area contributed by atoms with Crippen molar-refractivity contribution in [2.45, 2.75) is 25.2 Å². The van der Waals surface area contributed by atoms with Crippen molar-refractivity contribution in [1.82, 2.24) is 4.98 Å². The Morgan fingerprint density at radius 1 is 1.37 bits per heavy atom. The number of carbonyl (C=O) groups is 2. The molecular formula is C13H13F2NO3. The third-order valence-corrected chi connectivity index (χ3v) is 2.91. The van der Waals surface area contributed by atoms with Gasteiger partial charge >= 0.3 is 5.97 Å². The Morgan fingerprint density at radius 3 is 2.58 bits per heavy atom. The average molecular weight is 269 g/mol. The second-order valence-electron chi connectivity index (χ2n) is 4.60. The molecule has 4 nitrogen and oxygen atoms in total. The van der Waals surface area contributed by atoms with Gasteiger partial charge in [-0.05, 0) is 17.7 Å². The third-order valence-electron chi connectivity index (χ3n) is 2.91. The molecule has 0 bridgehead atoms. The van der Waals surface area contributed by atoms with Crippen molar-refractivity contribution in [3.63, 3.8) is 0 Å². The minimum atomic E-state index is -2.74. The average Bonchev–Trinajstić information content (AvgIpc) is 2.95. The first-order chi connectivity index (χ1) is 8.97. The molecule has 0 radical (unpaired) electrons. The van der Waals surface area contributed by atoms with Crippen molar-refractivity contribution >= 4 is 11.8 Å². The molecular weight excluding hydrogens is 256 g/mol. The molecule has 0 aromatic carbocycles. The van der Waals surface area contributed by atoms with E-state index < -0.39 is 17.8 Å². The van der Waals surface area contributed by atoms with Crippen LogP contribution < -0.4 is 0 Å². The summed E-state index contributed by atoms with van der Waals surface area (Å²) < 4.78 is 29.8. The Labute approximate surface area is 108 Å². The zero-order chi connectivity index (χ0) is 13.9. The monoisotopic (exact) mass is 269 g/mol. The highest BCUT2D eigenvalue weighted by Gasteiger charge is 2.57. The predicted octanol–water partition coefficient (Wildman–Crippen LogP) is 1.78. The number of aromatic nitrogens is 1. The third kappa shape index (κ3) is 4.08. The van der Waals surface area contributed by atoms with E-state index in [0.717, 1.165) is 5.56 Å². The number of esters is 1. The van der Waals surface area contributed by atoms with Gasteiger partial charge in [-0.1, -0.05) is 0 Å². The number of hydrogen-bond acceptors (Lipinski definition) is 4. The molecule has 0 saturated heterocycles. The molecule has 1 saturated carbocycles. The molecule has 0 amide bonds. The van der Waals surface area contributed by atoms with Crippen molar-refractivity contribution < 1.29 is 23.1 Å². The smallest absolute Gasteiger partial charge is 0.306 e. The summed E-state index contributed by atoms with van der Waals surface area (Å²) in [4.78, 5) is 26.5. The van der Waals surface area contributed by atoms with Crippen LogP contribution in [0.1, 0.15) is 18.4 Å². The minimum absolute atomic E-state index is 0.134. The Kier molecular flexibility index (Phi) is 3.87. The number of nitrogens with zero attached hydrogens (tertiary/aromatic N) is 1. The molecule has 0 spiro atoms. The van der Waals surface area contributed by atoms with Crippen molar-refractivity contribution in [1.29, 1.82) is 0 Å². The highest BCUT2D eigenvalue weighted by atomic mass is 19.3. The van der Waals surface area contributed by atoms with E-state index in [1.165, 1.54) is 0 Å². The number of carbonyl (C=O) groups excluding carboxylic acids is 2. The predicted molar refractivity (Wildman–Crippen MR) is 61.6 cm³/mol. The van der Waals surface area contributed by atoms with Gasteiger partial charge in [0, 0.05) is 31.2 Å². The first-order valence-corrected chi connectivity index (χ1v) is 5.91. The molecule has 1 aliphatic rings. The lowest BCUT2D eigenvalue weighted by atomic mass is 10.1. The fraction of sp³-hybridized carbons (Fsp3) is 0.462. The Bertz CT molecular complexity index is 476. The molecule has 102 valence electrons. The summed E-state index contributed by atoms with van der Waals surface area (Å²) in [7, 11) is 0. The zero-order valence-electron chi connectivity index (χ0n) is 10.1. The maximum atomic E-state index is 12.6. The van der Waals surface area contributed by atoms with Gasteiger partial charge in [0.2, 0.25) is 0 Å². The summed E-state index contributed by atoms with van der Waals surface area (Å²) in [6, 6.07) is 3.37. The van der Waals surface area contributed by atoms with Crippen LogP contribution in [0.5, 0.6) is 0 Å². The van der Waals surface area contributed by atoms with Crippen molar-refractivity contribution in [3.05, 3.63) is 30.1 Å². The van der Waals surface area contributed by atoms with Crippen LogP contribution in [0.15, 0.2) is 24.5 Å². The van der Waals surface area contributed by atoms with Gasteiger partial charge in [-0.2, -0.15) is 0 Å². The van der Waals surface area contributed by atoms with Gasteiger partial charge in [-0.15, -0.1) is 0 Å². The lowest BCUT2D eigenvalue weighted by molar-refractivity contribution is -0.148. The van der Waals surface area contributed by atoms with E-state index in [1.54, 1.807) is 24.5 Å². The molecule has 1 heterocycles. The van der Waals surface area contributed by atoms with Gasteiger partial charge in [0.1, 0.15) is 6.61 Å². The summed E-state index contributed by atoms with van der Waals surface area (Å²) in [6.07, 6.45) is 2.66. The van der Waals surface area contributed by atoms with E-state index in [1.807, 2.05) is 0 Å². The number of halogens is 2.